The number of aromatic nitrogens is 2. The van der Waals surface area contributed by atoms with E-state index in [1.807, 2.05) is 49.4 Å². The summed E-state index contributed by atoms with van der Waals surface area (Å²) >= 11 is 0. The number of rotatable bonds is 5. The number of carbonyl (C=O) groups is 1. The zero-order valence-electron chi connectivity index (χ0n) is 18.9. The SMILES string of the molecule is Cc1cc(C(=O)Nc2ccc(N3CCOCC3)cc2N2CCOCC2)nn1-c1ccccc1. The maximum Gasteiger partial charge on any atom is 0.276 e. The summed E-state index contributed by atoms with van der Waals surface area (Å²) in [6, 6.07) is 17.9. The Balaban J connectivity index is 1.41. The molecule has 3 heterocycles. The van der Waals surface area contributed by atoms with E-state index >= 15 is 0 Å². The van der Waals surface area contributed by atoms with Gasteiger partial charge in [-0.2, -0.15) is 5.10 Å². The van der Waals surface area contributed by atoms with Crippen LogP contribution < -0.4 is 15.1 Å². The van der Waals surface area contributed by atoms with Gasteiger partial charge in [-0.3, -0.25) is 4.79 Å². The molecule has 1 amide bonds. The van der Waals surface area contributed by atoms with Gasteiger partial charge in [-0.1, -0.05) is 18.2 Å². The highest BCUT2D eigenvalue weighted by Crippen LogP contribution is 2.32. The first kappa shape index (κ1) is 21.5. The Morgan fingerprint density at radius 2 is 1.52 bits per heavy atom. The first-order valence-electron chi connectivity index (χ1n) is 11.4. The summed E-state index contributed by atoms with van der Waals surface area (Å²) in [5.74, 6) is -0.221. The van der Waals surface area contributed by atoms with Gasteiger partial charge >= 0.3 is 0 Å². The van der Waals surface area contributed by atoms with E-state index in [9.17, 15) is 4.79 Å². The number of hydrogen-bond donors (Lipinski definition) is 1. The van der Waals surface area contributed by atoms with E-state index in [0.717, 1.165) is 67.8 Å². The monoisotopic (exact) mass is 447 g/mol. The molecule has 1 aromatic heterocycles. The van der Waals surface area contributed by atoms with E-state index in [2.05, 4.69) is 32.3 Å². The van der Waals surface area contributed by atoms with Crippen LogP contribution in [0.4, 0.5) is 17.1 Å². The molecular formula is C25H29N5O3. The Bertz CT molecular complexity index is 1100. The average molecular weight is 448 g/mol. The van der Waals surface area contributed by atoms with Crippen LogP contribution in [0.2, 0.25) is 0 Å². The van der Waals surface area contributed by atoms with Crippen molar-refractivity contribution in [2.75, 3.05) is 67.7 Å². The lowest BCUT2D eigenvalue weighted by Gasteiger charge is -2.33. The van der Waals surface area contributed by atoms with E-state index in [0.29, 0.717) is 18.9 Å². The number of amides is 1. The Kier molecular flexibility index (Phi) is 6.28. The molecule has 1 N–H and O–H groups in total. The van der Waals surface area contributed by atoms with Crippen LogP contribution in [0.15, 0.2) is 54.6 Å². The minimum absolute atomic E-state index is 0.221. The Hall–Kier alpha value is -3.36. The second kappa shape index (κ2) is 9.64. The molecule has 2 aliphatic heterocycles. The minimum Gasteiger partial charge on any atom is -0.378 e. The maximum absolute atomic E-state index is 13.2. The van der Waals surface area contributed by atoms with Crippen molar-refractivity contribution in [3.63, 3.8) is 0 Å². The van der Waals surface area contributed by atoms with Gasteiger partial charge in [-0.05, 0) is 43.3 Å². The van der Waals surface area contributed by atoms with Crippen LogP contribution in [-0.2, 0) is 9.47 Å². The molecule has 8 nitrogen and oxygen atoms in total. The summed E-state index contributed by atoms with van der Waals surface area (Å²) in [5, 5.41) is 7.66. The number of para-hydroxylation sites is 1. The van der Waals surface area contributed by atoms with E-state index in [1.165, 1.54) is 0 Å². The van der Waals surface area contributed by atoms with Crippen LogP contribution in [0.1, 0.15) is 16.2 Å². The lowest BCUT2D eigenvalue weighted by Crippen LogP contribution is -2.38. The molecular weight excluding hydrogens is 418 g/mol. The van der Waals surface area contributed by atoms with Gasteiger partial charge in [0.2, 0.25) is 0 Å². The van der Waals surface area contributed by atoms with E-state index in [-0.39, 0.29) is 5.91 Å². The van der Waals surface area contributed by atoms with Gasteiger partial charge in [-0.15, -0.1) is 0 Å². The smallest absolute Gasteiger partial charge is 0.276 e. The second-order valence-electron chi connectivity index (χ2n) is 8.27. The molecule has 3 aromatic rings. The Morgan fingerprint density at radius 1 is 0.848 bits per heavy atom. The highest BCUT2D eigenvalue weighted by atomic mass is 16.5. The third kappa shape index (κ3) is 4.72. The predicted molar refractivity (Wildman–Crippen MR) is 129 cm³/mol. The van der Waals surface area contributed by atoms with Gasteiger partial charge in [0.05, 0.1) is 43.5 Å². The fraction of sp³-hybridized carbons (Fsp3) is 0.360. The van der Waals surface area contributed by atoms with E-state index < -0.39 is 0 Å². The van der Waals surface area contributed by atoms with Crippen LogP contribution in [0.3, 0.4) is 0 Å². The molecule has 2 saturated heterocycles. The normalized spacial score (nSPS) is 16.6. The number of ether oxygens (including phenoxy) is 2. The van der Waals surface area contributed by atoms with E-state index in [1.54, 1.807) is 4.68 Å². The number of aryl methyl sites for hydroxylation is 1. The summed E-state index contributed by atoms with van der Waals surface area (Å²) in [5.41, 5.74) is 5.16. The van der Waals surface area contributed by atoms with Crippen molar-refractivity contribution in [3.8, 4) is 5.69 Å². The molecule has 2 aromatic carbocycles. The molecule has 0 atom stereocenters. The summed E-state index contributed by atoms with van der Waals surface area (Å²) in [7, 11) is 0. The fourth-order valence-corrected chi connectivity index (χ4v) is 4.31. The molecule has 0 unspecified atom stereocenters. The largest absolute Gasteiger partial charge is 0.378 e. The number of hydrogen-bond acceptors (Lipinski definition) is 6. The van der Waals surface area contributed by atoms with Crippen molar-refractivity contribution in [2.45, 2.75) is 6.92 Å². The molecule has 0 aliphatic carbocycles. The topological polar surface area (TPSA) is 71.9 Å². The molecule has 2 fully saturated rings. The van der Waals surface area contributed by atoms with Gasteiger partial charge in [-0.25, -0.2) is 4.68 Å². The number of nitrogens with one attached hydrogen (secondary N) is 1. The molecule has 33 heavy (non-hydrogen) atoms. The van der Waals surface area contributed by atoms with Crippen molar-refractivity contribution in [1.29, 1.82) is 0 Å². The quantitative estimate of drug-likeness (QED) is 0.648. The van der Waals surface area contributed by atoms with Gasteiger partial charge in [0.25, 0.3) is 5.91 Å². The fourth-order valence-electron chi connectivity index (χ4n) is 4.31. The van der Waals surface area contributed by atoms with Gasteiger partial charge < -0.3 is 24.6 Å². The number of morpholine rings is 2. The van der Waals surface area contributed by atoms with Crippen LogP contribution in [0.5, 0.6) is 0 Å². The molecule has 0 bridgehead atoms. The van der Waals surface area contributed by atoms with Gasteiger partial charge in [0.15, 0.2) is 5.69 Å². The first-order chi connectivity index (χ1) is 16.2. The summed E-state index contributed by atoms with van der Waals surface area (Å²) in [6.07, 6.45) is 0. The molecule has 0 spiro atoms. The molecule has 172 valence electrons. The minimum atomic E-state index is -0.221. The van der Waals surface area contributed by atoms with Crippen LogP contribution in [-0.4, -0.2) is 68.3 Å². The average Bonchev–Trinajstić information content (AvgIpc) is 3.27. The van der Waals surface area contributed by atoms with Crippen molar-refractivity contribution in [1.82, 2.24) is 9.78 Å². The van der Waals surface area contributed by atoms with E-state index in [4.69, 9.17) is 9.47 Å². The Labute approximate surface area is 193 Å². The highest BCUT2D eigenvalue weighted by molar-refractivity contribution is 6.05. The lowest BCUT2D eigenvalue weighted by molar-refractivity contribution is 0.102. The molecule has 2 aliphatic rings. The zero-order valence-corrected chi connectivity index (χ0v) is 18.9. The van der Waals surface area contributed by atoms with Crippen LogP contribution in [0, 0.1) is 6.92 Å². The number of nitrogens with zero attached hydrogens (tertiary/aromatic N) is 4. The van der Waals surface area contributed by atoms with Crippen LogP contribution >= 0.6 is 0 Å². The summed E-state index contributed by atoms with van der Waals surface area (Å²) in [6.45, 7) is 8.08. The number of carbonyl (C=O) groups excluding carboxylic acids is 1. The third-order valence-electron chi connectivity index (χ3n) is 6.08. The van der Waals surface area contributed by atoms with Crippen molar-refractivity contribution in [2.24, 2.45) is 0 Å². The standard InChI is InChI=1S/C25H29N5O3/c1-19-17-23(27-30(19)20-5-3-2-4-6-20)25(31)26-22-8-7-21(28-9-13-32-14-10-28)18-24(22)29-11-15-33-16-12-29/h2-8,17-18H,9-16H2,1H3,(H,26,31). The van der Waals surface area contributed by atoms with Crippen LogP contribution in [0.25, 0.3) is 5.69 Å². The van der Waals surface area contributed by atoms with Crippen molar-refractivity contribution < 1.29 is 14.3 Å². The number of anilines is 3. The summed E-state index contributed by atoms with van der Waals surface area (Å²) in [4.78, 5) is 17.8. The molecule has 8 heteroatoms. The lowest BCUT2D eigenvalue weighted by atomic mass is 10.1. The van der Waals surface area contributed by atoms with Gasteiger partial charge in [0.1, 0.15) is 0 Å². The predicted octanol–water partition coefficient (Wildman–Crippen LogP) is 3.11. The maximum atomic E-state index is 13.2. The highest BCUT2D eigenvalue weighted by Gasteiger charge is 2.21. The van der Waals surface area contributed by atoms with Crippen molar-refractivity contribution in [3.05, 3.63) is 66.0 Å². The summed E-state index contributed by atoms with van der Waals surface area (Å²) < 4.78 is 12.8. The van der Waals surface area contributed by atoms with Gasteiger partial charge in [0, 0.05) is 37.6 Å². The molecule has 0 saturated carbocycles. The number of benzene rings is 2. The zero-order chi connectivity index (χ0) is 22.6. The molecule has 5 rings (SSSR count). The first-order valence-corrected chi connectivity index (χ1v) is 11.4. The Morgan fingerprint density at radius 3 is 2.21 bits per heavy atom. The third-order valence-corrected chi connectivity index (χ3v) is 6.08. The van der Waals surface area contributed by atoms with Crippen molar-refractivity contribution >= 4 is 23.0 Å². The second-order valence-corrected chi connectivity index (χ2v) is 8.27. The molecule has 0 radical (unpaired) electrons.